The summed E-state index contributed by atoms with van der Waals surface area (Å²) in [5.41, 5.74) is 7.70. The van der Waals surface area contributed by atoms with E-state index in [9.17, 15) is 0 Å². The Balaban J connectivity index is 0.000000153. The minimum Gasteiger partial charge on any atom is -0.500 e. The molecule has 261 valence electrons. The summed E-state index contributed by atoms with van der Waals surface area (Å²) in [5, 5.41) is 9.58. The maximum atomic E-state index is 8.22. The van der Waals surface area contributed by atoms with E-state index in [1.165, 1.54) is 47.3 Å². The van der Waals surface area contributed by atoms with E-state index in [-0.39, 0.29) is 20.1 Å². The van der Waals surface area contributed by atoms with Crippen LogP contribution in [0.4, 0.5) is 0 Å². The van der Waals surface area contributed by atoms with E-state index in [1.54, 1.807) is 6.20 Å². The molecule has 0 atom stereocenters. The molecule has 0 aliphatic heterocycles. The van der Waals surface area contributed by atoms with Gasteiger partial charge in [-0.15, -0.1) is 58.7 Å². The van der Waals surface area contributed by atoms with Gasteiger partial charge in [0.1, 0.15) is 5.58 Å². The second-order valence-electron chi connectivity index (χ2n) is 13.8. The van der Waals surface area contributed by atoms with Crippen molar-refractivity contribution < 1.29 is 25.9 Å². The first-order valence-corrected chi connectivity index (χ1v) is 18.5. The van der Waals surface area contributed by atoms with E-state index in [0.29, 0.717) is 5.92 Å². The van der Waals surface area contributed by atoms with Crippen LogP contribution in [0.2, 0.25) is 0 Å². The molecule has 0 bridgehead atoms. The second-order valence-corrected chi connectivity index (χ2v) is 14.9. The predicted molar refractivity (Wildman–Crippen MR) is 220 cm³/mol. The van der Waals surface area contributed by atoms with Crippen molar-refractivity contribution in [2.45, 2.75) is 39.5 Å². The van der Waals surface area contributed by atoms with Crippen LogP contribution in [-0.2, 0) is 20.1 Å². The molecule has 0 spiro atoms. The number of fused-ring (bicyclic) bond motifs is 10. The van der Waals surface area contributed by atoms with Gasteiger partial charge < -0.3 is 14.4 Å². The quantitative estimate of drug-likeness (QED) is 0.131. The van der Waals surface area contributed by atoms with Crippen molar-refractivity contribution in [3.05, 3.63) is 157 Å². The van der Waals surface area contributed by atoms with Gasteiger partial charge in [0.25, 0.3) is 0 Å². The second kappa shape index (κ2) is 14.3. The fourth-order valence-corrected chi connectivity index (χ4v) is 8.23. The Morgan fingerprint density at radius 3 is 2.17 bits per heavy atom. The molecular weight excluding hydrogens is 845 g/mol. The molecule has 0 unspecified atom stereocenters. The molecule has 0 aliphatic rings. The molecule has 0 saturated heterocycles. The zero-order valence-electron chi connectivity index (χ0n) is 30.8. The van der Waals surface area contributed by atoms with Crippen LogP contribution in [0.3, 0.4) is 0 Å². The van der Waals surface area contributed by atoms with Gasteiger partial charge in [-0.25, -0.2) is 0 Å². The fourth-order valence-electron chi connectivity index (χ4n) is 7.12. The number of aromatic nitrogens is 2. The fraction of sp³-hybridized carbons (Fsp3) is 0.125. The van der Waals surface area contributed by atoms with Gasteiger partial charge in [-0.2, -0.15) is 0 Å². The average Bonchev–Trinajstić information content (AvgIpc) is 3.76. The maximum Gasteiger partial charge on any atom is 0.130 e. The molecule has 6 aromatic carbocycles. The number of thiophene rings is 1. The molecule has 0 saturated carbocycles. The summed E-state index contributed by atoms with van der Waals surface area (Å²) in [7, 11) is 0. The van der Waals surface area contributed by atoms with E-state index < -0.39 is 5.89 Å². The van der Waals surface area contributed by atoms with Crippen LogP contribution in [0, 0.1) is 12.1 Å². The first kappa shape index (κ1) is 33.6. The van der Waals surface area contributed by atoms with Gasteiger partial charge in [-0.1, -0.05) is 133 Å². The van der Waals surface area contributed by atoms with Crippen molar-refractivity contribution in [1.29, 1.82) is 0 Å². The van der Waals surface area contributed by atoms with Crippen molar-refractivity contribution in [1.82, 2.24) is 9.97 Å². The zero-order valence-corrected chi connectivity index (χ0v) is 33.0. The molecule has 10 rings (SSSR count). The minimum absolute atomic E-state index is 0. The largest absolute Gasteiger partial charge is 0.500 e. The zero-order chi connectivity index (χ0) is 36.3. The summed E-state index contributed by atoms with van der Waals surface area (Å²) in [4.78, 5) is 9.10. The number of furan rings is 1. The van der Waals surface area contributed by atoms with E-state index in [4.69, 9.17) is 5.79 Å². The Morgan fingerprint density at radius 1 is 0.623 bits per heavy atom. The standard InChI is InChI=1S/C26H18NOS.C22H18N.Ir/c1-15(2)16-12-13-27-21(14-16)19-8-5-7-17-18-10-11-23-24(26(18)28-25(17)19)20-6-3-4-9-22(20)29-23;1-15(2)17-11-12-23-22(14-17)19-9-10-21-18(13-19)8-7-16-5-3-4-6-20(16)21;/h3-7,9-15H,1-2H3;3-8,10-15H,1-2H3;/q2*-1;/i;15D;. The van der Waals surface area contributed by atoms with Crippen LogP contribution in [0.5, 0.6) is 0 Å². The van der Waals surface area contributed by atoms with Crippen LogP contribution >= 0.6 is 11.3 Å². The molecule has 3 nitrogen and oxygen atoms in total. The number of hydrogen-bond donors (Lipinski definition) is 0. The number of benzene rings is 6. The van der Waals surface area contributed by atoms with Gasteiger partial charge in [-0.05, 0) is 52.9 Å². The van der Waals surface area contributed by atoms with E-state index >= 15 is 0 Å². The Kier molecular flexibility index (Phi) is 9.09. The Labute approximate surface area is 328 Å². The van der Waals surface area contributed by atoms with Crippen molar-refractivity contribution in [2.75, 3.05) is 0 Å². The van der Waals surface area contributed by atoms with E-state index in [0.717, 1.165) is 50.0 Å². The van der Waals surface area contributed by atoms with Gasteiger partial charge in [-0.3, -0.25) is 0 Å². The number of nitrogens with zero attached hydrogens (tertiary/aromatic N) is 2. The molecular formula is C48H36IrN2OS-2. The molecule has 5 heteroatoms. The van der Waals surface area contributed by atoms with E-state index in [2.05, 4.69) is 133 Å². The Hall–Kier alpha value is -5.19. The van der Waals surface area contributed by atoms with E-state index in [1.807, 2.05) is 55.6 Å². The Morgan fingerprint density at radius 2 is 1.34 bits per heavy atom. The summed E-state index contributed by atoms with van der Waals surface area (Å²) in [5.74, 6) is -0.187. The monoisotopic (exact) mass is 882 g/mol. The molecule has 0 amide bonds. The van der Waals surface area contributed by atoms with Gasteiger partial charge in [0, 0.05) is 59.4 Å². The molecule has 0 aliphatic carbocycles. The van der Waals surface area contributed by atoms with Gasteiger partial charge in [0.05, 0.1) is 5.58 Å². The van der Waals surface area contributed by atoms with Crippen LogP contribution < -0.4 is 0 Å². The molecule has 4 aromatic heterocycles. The smallest absolute Gasteiger partial charge is 0.130 e. The Bertz CT molecular complexity index is 2990. The summed E-state index contributed by atoms with van der Waals surface area (Å²) >= 11 is 1.81. The van der Waals surface area contributed by atoms with Gasteiger partial charge in [0.2, 0.25) is 0 Å². The first-order valence-electron chi connectivity index (χ1n) is 18.2. The van der Waals surface area contributed by atoms with Crippen molar-refractivity contribution in [2.24, 2.45) is 0 Å². The summed E-state index contributed by atoms with van der Waals surface area (Å²) in [6, 6.07) is 48.8. The molecule has 1 radical (unpaired) electrons. The third-order valence-corrected chi connectivity index (χ3v) is 11.1. The molecule has 53 heavy (non-hydrogen) atoms. The van der Waals surface area contributed by atoms with Crippen LogP contribution in [0.25, 0.3) is 86.2 Å². The molecule has 4 heterocycles. The number of hydrogen-bond acceptors (Lipinski definition) is 4. The van der Waals surface area contributed by atoms with Crippen LogP contribution in [0.1, 0.15) is 52.0 Å². The SMILES string of the molecule is CC(C)c1ccnc(-c2[c-]ccc3c2oc2c3ccc3sc4ccccc4c32)c1.[2H]C(C)(C)c1ccnc(-c2[c-]cc3c(ccc4ccccc43)c2)c1.[Ir]. The third kappa shape index (κ3) is 6.33. The summed E-state index contributed by atoms with van der Waals surface area (Å²) in [6.07, 6.45) is 3.66. The normalized spacial score (nSPS) is 12.1. The molecule has 10 aromatic rings. The summed E-state index contributed by atoms with van der Waals surface area (Å²) < 4.78 is 17.3. The van der Waals surface area contributed by atoms with Crippen molar-refractivity contribution in [3.8, 4) is 22.5 Å². The maximum absolute atomic E-state index is 8.22. The predicted octanol–water partition coefficient (Wildman–Crippen LogP) is 13.9. The molecule has 0 N–H and O–H groups in total. The number of rotatable bonds is 4. The third-order valence-electron chi connectivity index (χ3n) is 9.94. The number of pyridine rings is 2. The van der Waals surface area contributed by atoms with Crippen molar-refractivity contribution in [3.63, 3.8) is 0 Å². The van der Waals surface area contributed by atoms with Crippen molar-refractivity contribution >= 4 is 75.0 Å². The topological polar surface area (TPSA) is 38.9 Å². The minimum atomic E-state index is -0.634. The molecule has 0 fully saturated rings. The van der Waals surface area contributed by atoms with Gasteiger partial charge in [0.15, 0.2) is 0 Å². The van der Waals surface area contributed by atoms with Crippen LogP contribution in [-0.4, -0.2) is 9.97 Å². The van der Waals surface area contributed by atoms with Crippen LogP contribution in [0.15, 0.2) is 138 Å². The summed E-state index contributed by atoms with van der Waals surface area (Å²) in [6.45, 7) is 8.18. The average molecular weight is 882 g/mol. The van der Waals surface area contributed by atoms with Gasteiger partial charge >= 0.3 is 0 Å². The first-order chi connectivity index (χ1) is 25.7.